The maximum Gasteiger partial charge on any atom is 0.251 e. The molecule has 0 atom stereocenters. The van der Waals surface area contributed by atoms with Crippen LogP contribution in [0.4, 0.5) is 14.5 Å². The van der Waals surface area contributed by atoms with Gasteiger partial charge in [0, 0.05) is 12.5 Å². The van der Waals surface area contributed by atoms with Crippen LogP contribution in [0.15, 0.2) is 12.1 Å². The Morgan fingerprint density at radius 3 is 2.33 bits per heavy atom. The van der Waals surface area contributed by atoms with Gasteiger partial charge in [0.2, 0.25) is 5.91 Å². The number of amides is 2. The van der Waals surface area contributed by atoms with Crippen molar-refractivity contribution in [1.82, 2.24) is 0 Å². The van der Waals surface area contributed by atoms with E-state index in [-0.39, 0.29) is 12.1 Å². The molecule has 0 aliphatic rings. The number of primary amides is 1. The highest BCUT2D eigenvalue weighted by atomic mass is 19.1. The maximum absolute atomic E-state index is 13.5. The van der Waals surface area contributed by atoms with E-state index in [1.807, 2.05) is 0 Å². The summed E-state index contributed by atoms with van der Waals surface area (Å²) in [6.45, 7) is 0.614. The average molecular weight is 299 g/mol. The fraction of sp³-hybridized carbons (Fsp3) is 0.429. The fourth-order valence-corrected chi connectivity index (χ4v) is 1.83. The van der Waals surface area contributed by atoms with Crippen LogP contribution in [-0.4, -0.2) is 18.4 Å². The summed E-state index contributed by atoms with van der Waals surface area (Å²) >= 11 is 0. The predicted octanol–water partition coefficient (Wildman–Crippen LogP) is 1.91. The number of nitrogens with two attached hydrogens (primary N) is 2. The minimum absolute atomic E-state index is 0.216. The Labute approximate surface area is 121 Å². The van der Waals surface area contributed by atoms with Crippen LogP contribution < -0.4 is 16.8 Å². The molecule has 0 aliphatic heterocycles. The molecule has 1 aromatic rings. The van der Waals surface area contributed by atoms with Crippen molar-refractivity contribution in [2.24, 2.45) is 11.5 Å². The number of unbranched alkanes of at least 4 members (excludes halogenated alkanes) is 3. The third-order valence-electron chi connectivity index (χ3n) is 2.95. The van der Waals surface area contributed by atoms with Gasteiger partial charge in [0.25, 0.3) is 5.91 Å². The number of hydrogen-bond donors (Lipinski definition) is 3. The highest BCUT2D eigenvalue weighted by Crippen LogP contribution is 2.19. The van der Waals surface area contributed by atoms with E-state index in [4.69, 9.17) is 11.5 Å². The smallest absolute Gasteiger partial charge is 0.251 e. The first-order valence-electron chi connectivity index (χ1n) is 6.74. The van der Waals surface area contributed by atoms with Crippen LogP contribution in [0.5, 0.6) is 0 Å². The van der Waals surface area contributed by atoms with E-state index in [9.17, 15) is 18.4 Å². The number of anilines is 1. The molecule has 0 bridgehead atoms. The summed E-state index contributed by atoms with van der Waals surface area (Å²) in [5.74, 6) is -3.43. The van der Waals surface area contributed by atoms with Gasteiger partial charge in [0.15, 0.2) is 0 Å². The van der Waals surface area contributed by atoms with Gasteiger partial charge in [-0.25, -0.2) is 8.78 Å². The van der Waals surface area contributed by atoms with Gasteiger partial charge in [0.05, 0.1) is 11.3 Å². The van der Waals surface area contributed by atoms with Crippen molar-refractivity contribution >= 4 is 17.5 Å². The quantitative estimate of drug-likeness (QED) is 0.639. The van der Waals surface area contributed by atoms with Gasteiger partial charge in [-0.2, -0.15) is 0 Å². The number of rotatable bonds is 8. The molecule has 0 heterocycles. The van der Waals surface area contributed by atoms with Crippen molar-refractivity contribution < 1.29 is 18.4 Å². The van der Waals surface area contributed by atoms with Gasteiger partial charge in [0.1, 0.15) is 11.6 Å². The van der Waals surface area contributed by atoms with E-state index in [1.54, 1.807) is 0 Å². The normalized spacial score (nSPS) is 10.4. The van der Waals surface area contributed by atoms with Crippen LogP contribution in [0, 0.1) is 11.6 Å². The third-order valence-corrected chi connectivity index (χ3v) is 2.95. The van der Waals surface area contributed by atoms with E-state index in [0.29, 0.717) is 19.0 Å². The Hall–Kier alpha value is -2.02. The van der Waals surface area contributed by atoms with Crippen LogP contribution in [0.2, 0.25) is 0 Å². The molecule has 0 saturated heterocycles. The summed E-state index contributed by atoms with van der Waals surface area (Å²) in [5.41, 5.74) is 9.60. The molecular weight excluding hydrogens is 280 g/mol. The van der Waals surface area contributed by atoms with Crippen molar-refractivity contribution in [3.05, 3.63) is 29.3 Å². The molecule has 0 fully saturated rings. The van der Waals surface area contributed by atoms with E-state index in [0.717, 1.165) is 25.3 Å². The molecule has 5 N–H and O–H groups in total. The van der Waals surface area contributed by atoms with E-state index in [1.165, 1.54) is 0 Å². The molecule has 0 aromatic heterocycles. The minimum atomic E-state index is -1.06. The Morgan fingerprint density at radius 2 is 1.71 bits per heavy atom. The first-order valence-corrected chi connectivity index (χ1v) is 6.74. The molecule has 0 spiro atoms. The molecule has 0 unspecified atom stereocenters. The van der Waals surface area contributed by atoms with Crippen LogP contribution in [0.3, 0.4) is 0 Å². The Morgan fingerprint density at radius 1 is 1.05 bits per heavy atom. The summed E-state index contributed by atoms with van der Waals surface area (Å²) in [4.78, 5) is 22.6. The molecule has 2 amide bonds. The first-order chi connectivity index (χ1) is 9.95. The molecule has 116 valence electrons. The number of hydrogen-bond acceptors (Lipinski definition) is 3. The Bertz CT molecular complexity index is 521. The van der Waals surface area contributed by atoms with Crippen molar-refractivity contribution in [3.63, 3.8) is 0 Å². The Kier molecular flexibility index (Phi) is 6.74. The van der Waals surface area contributed by atoms with Crippen LogP contribution >= 0.6 is 0 Å². The first kappa shape index (κ1) is 17.0. The molecule has 0 saturated carbocycles. The second kappa shape index (κ2) is 8.31. The predicted molar refractivity (Wildman–Crippen MR) is 75.6 cm³/mol. The molecule has 5 nitrogen and oxygen atoms in total. The zero-order chi connectivity index (χ0) is 15.8. The lowest BCUT2D eigenvalue weighted by atomic mass is 10.1. The number of carbonyl (C=O) groups is 2. The van der Waals surface area contributed by atoms with Crippen molar-refractivity contribution in [1.29, 1.82) is 0 Å². The van der Waals surface area contributed by atoms with E-state index in [2.05, 4.69) is 5.32 Å². The topological polar surface area (TPSA) is 98.2 Å². The highest BCUT2D eigenvalue weighted by Gasteiger charge is 2.15. The number of nitrogens with one attached hydrogen (secondary N) is 1. The van der Waals surface area contributed by atoms with Gasteiger partial charge in [-0.3, -0.25) is 9.59 Å². The summed E-state index contributed by atoms with van der Waals surface area (Å²) < 4.78 is 26.8. The van der Waals surface area contributed by atoms with Gasteiger partial charge >= 0.3 is 0 Å². The number of benzene rings is 1. The number of halogens is 2. The lowest BCUT2D eigenvalue weighted by Gasteiger charge is -2.08. The maximum atomic E-state index is 13.5. The fourth-order valence-electron chi connectivity index (χ4n) is 1.83. The summed E-state index contributed by atoms with van der Waals surface area (Å²) in [6, 6.07) is 1.43. The van der Waals surface area contributed by atoms with Crippen LogP contribution in [-0.2, 0) is 4.79 Å². The molecule has 1 aromatic carbocycles. The van der Waals surface area contributed by atoms with Crippen molar-refractivity contribution in [3.8, 4) is 0 Å². The second-order valence-corrected chi connectivity index (χ2v) is 4.68. The Balaban J connectivity index is 2.59. The summed E-state index contributed by atoms with van der Waals surface area (Å²) in [5, 5.41) is 2.31. The number of carbonyl (C=O) groups excluding carboxylic acids is 2. The molecule has 0 aliphatic carbocycles. The van der Waals surface area contributed by atoms with Gasteiger partial charge in [-0.05, 0) is 25.5 Å². The largest absolute Gasteiger partial charge is 0.366 e. The van der Waals surface area contributed by atoms with Crippen LogP contribution in [0.25, 0.3) is 0 Å². The SMILES string of the molecule is NCCCCCCC(=O)Nc1cc(C(N)=O)c(F)cc1F. The van der Waals surface area contributed by atoms with Crippen molar-refractivity contribution in [2.45, 2.75) is 32.1 Å². The summed E-state index contributed by atoms with van der Waals surface area (Å²) in [7, 11) is 0. The lowest BCUT2D eigenvalue weighted by molar-refractivity contribution is -0.116. The van der Waals surface area contributed by atoms with Gasteiger partial charge in [-0.15, -0.1) is 0 Å². The standard InChI is InChI=1S/C14H19F2N3O2/c15-10-8-11(16)12(7-9(10)14(18)21)19-13(20)5-3-1-2-4-6-17/h7-8H,1-6,17H2,(H2,18,21)(H,19,20). The zero-order valence-electron chi connectivity index (χ0n) is 11.6. The zero-order valence-corrected chi connectivity index (χ0v) is 11.6. The van der Waals surface area contributed by atoms with Crippen molar-refractivity contribution in [2.75, 3.05) is 11.9 Å². The summed E-state index contributed by atoms with van der Waals surface area (Å²) in [6.07, 6.45) is 3.55. The highest BCUT2D eigenvalue weighted by molar-refractivity contribution is 5.96. The third kappa shape index (κ3) is 5.47. The molecule has 7 heteroatoms. The van der Waals surface area contributed by atoms with E-state index >= 15 is 0 Å². The minimum Gasteiger partial charge on any atom is -0.366 e. The van der Waals surface area contributed by atoms with E-state index < -0.39 is 29.0 Å². The molecule has 0 radical (unpaired) electrons. The average Bonchev–Trinajstić information content (AvgIpc) is 2.41. The van der Waals surface area contributed by atoms with Gasteiger partial charge in [-0.1, -0.05) is 12.8 Å². The lowest BCUT2D eigenvalue weighted by Crippen LogP contribution is -2.17. The molecular formula is C14H19F2N3O2. The van der Waals surface area contributed by atoms with Crippen LogP contribution in [0.1, 0.15) is 42.5 Å². The monoisotopic (exact) mass is 299 g/mol. The van der Waals surface area contributed by atoms with Gasteiger partial charge < -0.3 is 16.8 Å². The second-order valence-electron chi connectivity index (χ2n) is 4.68. The molecule has 1 rings (SSSR count). The molecule has 21 heavy (non-hydrogen) atoms.